The Labute approximate surface area is 83.1 Å². The number of amidine groups is 1. The first-order valence-electron chi connectivity index (χ1n) is 4.65. The normalized spacial score (nSPS) is 15.5. The lowest BCUT2D eigenvalue weighted by Gasteiger charge is -2.17. The number of carbonyl (C=O) groups excluding carboxylic acids is 1. The molecule has 2 rings (SSSR count). The molecule has 3 heteroatoms. The van der Waals surface area contributed by atoms with Crippen molar-refractivity contribution in [3.05, 3.63) is 29.8 Å². The van der Waals surface area contributed by atoms with Gasteiger partial charge in [0.1, 0.15) is 12.1 Å². The molecule has 1 aliphatic heterocycles. The second-order valence-electron chi connectivity index (χ2n) is 3.29. The van der Waals surface area contributed by atoms with Crippen LogP contribution in [0.25, 0.3) is 0 Å². The van der Waals surface area contributed by atoms with Crippen LogP contribution in [-0.2, 0) is 0 Å². The van der Waals surface area contributed by atoms with Crippen molar-refractivity contribution in [2.45, 2.75) is 6.92 Å². The highest BCUT2D eigenvalue weighted by molar-refractivity contribution is 5.97. The fraction of sp³-hybridized carbons (Fsp3) is 0.273. The van der Waals surface area contributed by atoms with Gasteiger partial charge < -0.3 is 4.90 Å². The third kappa shape index (κ3) is 1.53. The molecule has 1 aliphatic rings. The van der Waals surface area contributed by atoms with E-state index in [1.165, 1.54) is 0 Å². The Morgan fingerprint density at radius 2 is 2.07 bits per heavy atom. The summed E-state index contributed by atoms with van der Waals surface area (Å²) >= 11 is 0. The minimum Gasteiger partial charge on any atom is -0.329 e. The van der Waals surface area contributed by atoms with Crippen LogP contribution < -0.4 is 4.90 Å². The van der Waals surface area contributed by atoms with Gasteiger partial charge in [0, 0.05) is 17.8 Å². The SMILES string of the molecule is CC1=NCCN1c1ccc(C=O)cc1. The van der Waals surface area contributed by atoms with Crippen LogP contribution in [0.5, 0.6) is 0 Å². The Morgan fingerprint density at radius 3 is 2.57 bits per heavy atom. The topological polar surface area (TPSA) is 32.7 Å². The number of rotatable bonds is 2. The molecular formula is C11H12N2O. The second-order valence-corrected chi connectivity index (χ2v) is 3.29. The number of benzene rings is 1. The van der Waals surface area contributed by atoms with E-state index in [9.17, 15) is 4.79 Å². The highest BCUT2D eigenvalue weighted by Gasteiger charge is 2.13. The summed E-state index contributed by atoms with van der Waals surface area (Å²) in [6.45, 7) is 3.80. The minimum atomic E-state index is 0.711. The first-order chi connectivity index (χ1) is 6.81. The van der Waals surface area contributed by atoms with Crippen LogP contribution in [-0.4, -0.2) is 25.2 Å². The monoisotopic (exact) mass is 188 g/mol. The van der Waals surface area contributed by atoms with Crippen molar-refractivity contribution >= 4 is 17.8 Å². The standard InChI is InChI=1S/C11H12N2O/c1-9-12-6-7-13(9)11-4-2-10(8-14)3-5-11/h2-5,8H,6-7H2,1H3. The van der Waals surface area contributed by atoms with Gasteiger partial charge in [-0.05, 0) is 31.2 Å². The Kier molecular flexibility index (Phi) is 2.31. The van der Waals surface area contributed by atoms with Gasteiger partial charge in [-0.25, -0.2) is 0 Å². The van der Waals surface area contributed by atoms with Crippen LogP contribution in [0.4, 0.5) is 5.69 Å². The van der Waals surface area contributed by atoms with E-state index in [-0.39, 0.29) is 0 Å². The summed E-state index contributed by atoms with van der Waals surface area (Å²) in [6.07, 6.45) is 0.856. The molecule has 0 bridgehead atoms. The molecule has 72 valence electrons. The van der Waals surface area contributed by atoms with Gasteiger partial charge in [0.05, 0.1) is 6.54 Å². The van der Waals surface area contributed by atoms with Gasteiger partial charge in [0.2, 0.25) is 0 Å². The Balaban J connectivity index is 2.25. The molecule has 1 heterocycles. The number of carbonyl (C=O) groups is 1. The molecule has 0 spiro atoms. The summed E-state index contributed by atoms with van der Waals surface area (Å²) in [5, 5.41) is 0. The second kappa shape index (κ2) is 3.62. The fourth-order valence-corrected chi connectivity index (χ4v) is 1.61. The summed E-state index contributed by atoms with van der Waals surface area (Å²) in [5.74, 6) is 1.05. The average Bonchev–Trinajstić information content (AvgIpc) is 2.65. The molecule has 0 aromatic heterocycles. The van der Waals surface area contributed by atoms with E-state index in [1.54, 1.807) is 0 Å². The summed E-state index contributed by atoms with van der Waals surface area (Å²) in [7, 11) is 0. The zero-order valence-electron chi connectivity index (χ0n) is 8.10. The van der Waals surface area contributed by atoms with Gasteiger partial charge in [-0.15, -0.1) is 0 Å². The minimum absolute atomic E-state index is 0.711. The molecule has 1 aromatic rings. The van der Waals surface area contributed by atoms with Gasteiger partial charge in [-0.2, -0.15) is 0 Å². The van der Waals surface area contributed by atoms with Crippen LogP contribution in [0.3, 0.4) is 0 Å². The molecule has 0 fully saturated rings. The third-order valence-corrected chi connectivity index (χ3v) is 2.40. The number of hydrogen-bond acceptors (Lipinski definition) is 3. The lowest BCUT2D eigenvalue weighted by molar-refractivity contribution is 0.112. The van der Waals surface area contributed by atoms with E-state index < -0.39 is 0 Å². The number of aliphatic imine (C=N–C) groups is 1. The van der Waals surface area contributed by atoms with Gasteiger partial charge in [-0.1, -0.05) is 0 Å². The fourth-order valence-electron chi connectivity index (χ4n) is 1.61. The van der Waals surface area contributed by atoms with Crippen molar-refractivity contribution < 1.29 is 4.79 Å². The maximum Gasteiger partial charge on any atom is 0.150 e. The summed E-state index contributed by atoms with van der Waals surface area (Å²) in [6, 6.07) is 7.56. The highest BCUT2D eigenvalue weighted by atomic mass is 16.1. The van der Waals surface area contributed by atoms with Gasteiger partial charge in [0.15, 0.2) is 0 Å². The number of nitrogens with zero attached hydrogens (tertiary/aromatic N) is 2. The molecule has 0 unspecified atom stereocenters. The van der Waals surface area contributed by atoms with E-state index in [1.807, 2.05) is 31.2 Å². The largest absolute Gasteiger partial charge is 0.329 e. The zero-order chi connectivity index (χ0) is 9.97. The number of aldehydes is 1. The predicted molar refractivity (Wildman–Crippen MR) is 57.2 cm³/mol. The van der Waals surface area contributed by atoms with Gasteiger partial charge in [0.25, 0.3) is 0 Å². The quantitative estimate of drug-likeness (QED) is 0.662. The van der Waals surface area contributed by atoms with Crippen molar-refractivity contribution in [1.29, 1.82) is 0 Å². The van der Waals surface area contributed by atoms with Crippen LogP contribution in [0.15, 0.2) is 29.3 Å². The molecule has 0 atom stereocenters. The molecular weight excluding hydrogens is 176 g/mol. The third-order valence-electron chi connectivity index (χ3n) is 2.40. The summed E-state index contributed by atoms with van der Waals surface area (Å²) in [4.78, 5) is 16.9. The van der Waals surface area contributed by atoms with Crippen LogP contribution in [0, 0.1) is 0 Å². The zero-order valence-corrected chi connectivity index (χ0v) is 8.10. The first kappa shape index (κ1) is 8.94. The molecule has 3 nitrogen and oxygen atoms in total. The molecule has 0 saturated heterocycles. The first-order valence-corrected chi connectivity index (χ1v) is 4.65. The van der Waals surface area contributed by atoms with Gasteiger partial charge in [-0.3, -0.25) is 9.79 Å². The predicted octanol–water partition coefficient (Wildman–Crippen LogP) is 1.74. The van der Waals surface area contributed by atoms with E-state index >= 15 is 0 Å². The molecule has 0 amide bonds. The van der Waals surface area contributed by atoms with Crippen molar-refractivity contribution in [2.24, 2.45) is 4.99 Å². The Hall–Kier alpha value is -1.64. The molecule has 14 heavy (non-hydrogen) atoms. The smallest absolute Gasteiger partial charge is 0.150 e. The van der Waals surface area contributed by atoms with E-state index in [0.717, 1.165) is 30.9 Å². The lowest BCUT2D eigenvalue weighted by Crippen LogP contribution is -2.24. The van der Waals surface area contributed by atoms with Crippen molar-refractivity contribution in [1.82, 2.24) is 0 Å². The van der Waals surface area contributed by atoms with Crippen molar-refractivity contribution in [2.75, 3.05) is 18.0 Å². The Morgan fingerprint density at radius 1 is 1.36 bits per heavy atom. The molecule has 1 aromatic carbocycles. The highest BCUT2D eigenvalue weighted by Crippen LogP contribution is 2.17. The molecule has 0 aliphatic carbocycles. The van der Waals surface area contributed by atoms with Crippen LogP contribution in [0.1, 0.15) is 17.3 Å². The van der Waals surface area contributed by atoms with E-state index in [2.05, 4.69) is 9.89 Å². The van der Waals surface area contributed by atoms with E-state index in [4.69, 9.17) is 0 Å². The number of hydrogen-bond donors (Lipinski definition) is 0. The summed E-state index contributed by atoms with van der Waals surface area (Å²) < 4.78 is 0. The average molecular weight is 188 g/mol. The molecule has 0 saturated carbocycles. The van der Waals surface area contributed by atoms with Crippen molar-refractivity contribution in [3.63, 3.8) is 0 Å². The van der Waals surface area contributed by atoms with Crippen molar-refractivity contribution in [3.8, 4) is 0 Å². The van der Waals surface area contributed by atoms with Crippen LogP contribution in [0.2, 0.25) is 0 Å². The Bertz CT molecular complexity index is 367. The molecule has 0 radical (unpaired) electrons. The maximum absolute atomic E-state index is 10.5. The summed E-state index contributed by atoms with van der Waals surface area (Å²) in [5.41, 5.74) is 1.82. The molecule has 0 N–H and O–H groups in total. The number of anilines is 1. The maximum atomic E-state index is 10.5. The van der Waals surface area contributed by atoms with Gasteiger partial charge >= 0.3 is 0 Å². The van der Waals surface area contributed by atoms with E-state index in [0.29, 0.717) is 5.56 Å². The lowest BCUT2D eigenvalue weighted by atomic mass is 10.2. The van der Waals surface area contributed by atoms with Crippen LogP contribution >= 0.6 is 0 Å².